The normalized spacial score (nSPS) is 10.0. The van der Waals surface area contributed by atoms with Gasteiger partial charge in [-0.15, -0.1) is 0 Å². The van der Waals surface area contributed by atoms with Gasteiger partial charge in [-0.1, -0.05) is 22.0 Å². The van der Waals surface area contributed by atoms with Crippen LogP contribution in [0.2, 0.25) is 0 Å². The summed E-state index contributed by atoms with van der Waals surface area (Å²) >= 11 is 3.29. The molecule has 3 N–H and O–H groups in total. The second kappa shape index (κ2) is 7.51. The topological polar surface area (TPSA) is 104 Å². The molecular weight excluding hydrogens is 352 g/mol. The highest BCUT2D eigenvalue weighted by Crippen LogP contribution is 2.11. The van der Waals surface area contributed by atoms with Crippen LogP contribution in [0.15, 0.2) is 45.7 Å². The van der Waals surface area contributed by atoms with Crippen LogP contribution in [0.4, 0.5) is 0 Å². The van der Waals surface area contributed by atoms with Crippen LogP contribution in [-0.4, -0.2) is 35.1 Å². The van der Waals surface area contributed by atoms with E-state index in [1.807, 2.05) is 6.07 Å². The molecule has 114 valence electrons. The van der Waals surface area contributed by atoms with Gasteiger partial charge in [0.05, 0.1) is 0 Å². The fourth-order valence-electron chi connectivity index (χ4n) is 1.65. The van der Waals surface area contributed by atoms with E-state index in [0.717, 1.165) is 4.47 Å². The fraction of sp³-hybridized carbons (Fsp3) is 0.143. The molecule has 1 aromatic heterocycles. The van der Waals surface area contributed by atoms with Gasteiger partial charge in [0, 0.05) is 29.2 Å². The molecule has 0 aliphatic carbocycles. The second-order valence-corrected chi connectivity index (χ2v) is 5.24. The van der Waals surface area contributed by atoms with E-state index in [1.54, 1.807) is 18.2 Å². The highest BCUT2D eigenvalue weighted by atomic mass is 79.9. The van der Waals surface area contributed by atoms with Crippen molar-refractivity contribution in [2.45, 2.75) is 0 Å². The first-order valence-electron chi connectivity index (χ1n) is 6.44. The predicted octanol–water partition coefficient (Wildman–Crippen LogP) is 0.692. The minimum absolute atomic E-state index is 0.109. The van der Waals surface area contributed by atoms with Crippen LogP contribution in [0.25, 0.3) is 0 Å². The van der Waals surface area contributed by atoms with Gasteiger partial charge in [0.2, 0.25) is 0 Å². The van der Waals surface area contributed by atoms with E-state index in [4.69, 9.17) is 0 Å². The number of amides is 2. The smallest absolute Gasteiger partial charge is 0.271 e. The molecular formula is C14H13BrN4O3. The van der Waals surface area contributed by atoms with Crippen molar-refractivity contribution in [3.63, 3.8) is 0 Å². The Labute approximate surface area is 134 Å². The summed E-state index contributed by atoms with van der Waals surface area (Å²) < 4.78 is 0.817. The first-order chi connectivity index (χ1) is 10.6. The molecule has 0 saturated carbocycles. The molecule has 22 heavy (non-hydrogen) atoms. The van der Waals surface area contributed by atoms with Crippen molar-refractivity contribution in [1.82, 2.24) is 20.8 Å². The molecule has 0 spiro atoms. The number of nitrogens with one attached hydrogen (secondary N) is 3. The van der Waals surface area contributed by atoms with E-state index < -0.39 is 5.91 Å². The summed E-state index contributed by atoms with van der Waals surface area (Å²) in [6.45, 7) is 0.528. The molecule has 0 fully saturated rings. The minimum atomic E-state index is -0.423. The lowest BCUT2D eigenvalue weighted by Gasteiger charge is -2.07. The number of aromatic nitrogens is 2. The number of carbonyl (C=O) groups excluding carboxylic acids is 2. The van der Waals surface area contributed by atoms with Crippen LogP contribution in [0.1, 0.15) is 20.8 Å². The predicted molar refractivity (Wildman–Crippen MR) is 83.7 cm³/mol. The Morgan fingerprint density at radius 1 is 1.09 bits per heavy atom. The van der Waals surface area contributed by atoms with Crippen LogP contribution in [0.3, 0.4) is 0 Å². The van der Waals surface area contributed by atoms with Gasteiger partial charge in [-0.05, 0) is 24.3 Å². The molecule has 0 bridgehead atoms. The van der Waals surface area contributed by atoms with Crippen molar-refractivity contribution in [3.8, 4) is 0 Å². The summed E-state index contributed by atoms with van der Waals surface area (Å²) in [4.78, 5) is 34.4. The van der Waals surface area contributed by atoms with Gasteiger partial charge < -0.3 is 10.6 Å². The molecule has 0 aliphatic heterocycles. The Kier molecular flexibility index (Phi) is 5.42. The van der Waals surface area contributed by atoms with E-state index in [1.165, 1.54) is 12.1 Å². The van der Waals surface area contributed by atoms with Gasteiger partial charge in [0.25, 0.3) is 17.4 Å². The van der Waals surface area contributed by atoms with Crippen LogP contribution in [-0.2, 0) is 0 Å². The Balaban J connectivity index is 1.77. The molecule has 2 aromatic rings. The monoisotopic (exact) mass is 364 g/mol. The average Bonchev–Trinajstić information content (AvgIpc) is 2.51. The average molecular weight is 365 g/mol. The Bertz CT molecular complexity index is 724. The summed E-state index contributed by atoms with van der Waals surface area (Å²) in [6.07, 6.45) is 0. The first kappa shape index (κ1) is 15.9. The zero-order chi connectivity index (χ0) is 15.9. The number of aromatic amines is 1. The van der Waals surface area contributed by atoms with Crippen LogP contribution in [0.5, 0.6) is 0 Å². The maximum Gasteiger partial charge on any atom is 0.271 e. The van der Waals surface area contributed by atoms with Crippen LogP contribution >= 0.6 is 15.9 Å². The first-order valence-corrected chi connectivity index (χ1v) is 7.23. The van der Waals surface area contributed by atoms with Crippen LogP contribution < -0.4 is 16.2 Å². The third kappa shape index (κ3) is 4.52. The maximum absolute atomic E-state index is 11.9. The lowest BCUT2D eigenvalue weighted by atomic mass is 10.2. The second-order valence-electron chi connectivity index (χ2n) is 4.33. The van der Waals surface area contributed by atoms with Gasteiger partial charge in [0.1, 0.15) is 5.69 Å². The number of rotatable bonds is 5. The molecule has 1 heterocycles. The van der Waals surface area contributed by atoms with E-state index in [0.29, 0.717) is 5.56 Å². The number of carbonyl (C=O) groups is 2. The van der Waals surface area contributed by atoms with Crippen LogP contribution in [0, 0.1) is 0 Å². The number of H-pyrrole nitrogens is 1. The summed E-state index contributed by atoms with van der Waals surface area (Å²) in [6, 6.07) is 9.54. The summed E-state index contributed by atoms with van der Waals surface area (Å²) in [7, 11) is 0. The largest absolute Gasteiger partial charge is 0.350 e. The number of benzene rings is 1. The number of hydrogen-bond donors (Lipinski definition) is 3. The molecule has 0 aliphatic rings. The summed E-state index contributed by atoms with van der Waals surface area (Å²) in [5, 5.41) is 11.1. The van der Waals surface area contributed by atoms with Crippen molar-refractivity contribution >= 4 is 27.7 Å². The van der Waals surface area contributed by atoms with Crippen molar-refractivity contribution in [3.05, 3.63) is 62.5 Å². The fourth-order valence-corrected chi connectivity index (χ4v) is 2.04. The molecule has 0 saturated heterocycles. The number of hydrogen-bond acceptors (Lipinski definition) is 4. The number of nitrogens with zero attached hydrogens (tertiary/aromatic N) is 1. The van der Waals surface area contributed by atoms with E-state index in [9.17, 15) is 14.4 Å². The summed E-state index contributed by atoms with van der Waals surface area (Å²) in [5.41, 5.74) is 0.263. The lowest BCUT2D eigenvalue weighted by molar-refractivity contribution is 0.0924. The van der Waals surface area contributed by atoms with Gasteiger partial charge in [0.15, 0.2) is 0 Å². The molecule has 2 amide bonds. The summed E-state index contributed by atoms with van der Waals surface area (Å²) in [5.74, 6) is -0.648. The zero-order valence-electron chi connectivity index (χ0n) is 11.4. The highest BCUT2D eigenvalue weighted by Gasteiger charge is 2.08. The van der Waals surface area contributed by atoms with E-state index >= 15 is 0 Å². The SMILES string of the molecule is O=C(NCCNC(=O)c1ccc(=O)[nH]n1)c1cccc(Br)c1. The van der Waals surface area contributed by atoms with E-state index in [-0.39, 0.29) is 30.2 Å². The lowest BCUT2D eigenvalue weighted by Crippen LogP contribution is -2.35. The third-order valence-corrected chi connectivity index (χ3v) is 3.19. The van der Waals surface area contributed by atoms with Crippen molar-refractivity contribution in [2.24, 2.45) is 0 Å². The minimum Gasteiger partial charge on any atom is -0.350 e. The molecule has 0 radical (unpaired) electrons. The molecule has 7 nitrogen and oxygen atoms in total. The standard InChI is InChI=1S/C14H13BrN4O3/c15-10-3-1-2-9(8-10)13(21)16-6-7-17-14(22)11-4-5-12(20)19-18-11/h1-5,8H,6-7H2,(H,16,21)(H,17,22)(H,19,20). The molecule has 0 unspecified atom stereocenters. The maximum atomic E-state index is 11.9. The van der Waals surface area contributed by atoms with Gasteiger partial charge in [-0.3, -0.25) is 14.4 Å². The third-order valence-electron chi connectivity index (χ3n) is 2.69. The molecule has 1 aromatic carbocycles. The zero-order valence-corrected chi connectivity index (χ0v) is 13.0. The molecule has 0 atom stereocenters. The van der Waals surface area contributed by atoms with E-state index in [2.05, 4.69) is 36.8 Å². The van der Waals surface area contributed by atoms with Crippen molar-refractivity contribution < 1.29 is 9.59 Å². The highest BCUT2D eigenvalue weighted by molar-refractivity contribution is 9.10. The van der Waals surface area contributed by atoms with Crippen molar-refractivity contribution in [1.29, 1.82) is 0 Å². The number of halogens is 1. The Hall–Kier alpha value is -2.48. The Morgan fingerprint density at radius 2 is 1.82 bits per heavy atom. The van der Waals surface area contributed by atoms with Gasteiger partial charge in [-0.25, -0.2) is 5.10 Å². The van der Waals surface area contributed by atoms with Gasteiger partial charge in [-0.2, -0.15) is 5.10 Å². The molecule has 2 rings (SSSR count). The Morgan fingerprint density at radius 3 is 2.45 bits per heavy atom. The quantitative estimate of drug-likeness (QED) is 0.679. The van der Waals surface area contributed by atoms with Gasteiger partial charge >= 0.3 is 0 Å². The molecule has 8 heteroatoms. The van der Waals surface area contributed by atoms with Crippen molar-refractivity contribution in [2.75, 3.05) is 13.1 Å².